The molecular weight excluding hydrogens is 408 g/mol. The Kier molecular flexibility index (Phi) is 5.24. The van der Waals surface area contributed by atoms with Crippen molar-refractivity contribution in [2.75, 3.05) is 6.54 Å². The van der Waals surface area contributed by atoms with Crippen LogP contribution in [0.4, 0.5) is 0 Å². The van der Waals surface area contributed by atoms with Crippen LogP contribution in [0.2, 0.25) is 0 Å². The first-order valence-corrected chi connectivity index (χ1v) is 9.78. The van der Waals surface area contributed by atoms with Gasteiger partial charge in [0.25, 0.3) is 5.91 Å². The quantitative estimate of drug-likeness (QED) is 0.499. The van der Waals surface area contributed by atoms with Crippen molar-refractivity contribution in [3.8, 4) is 16.9 Å². The van der Waals surface area contributed by atoms with Gasteiger partial charge < -0.3 is 5.11 Å². The summed E-state index contributed by atoms with van der Waals surface area (Å²) < 4.78 is 1.95. The van der Waals surface area contributed by atoms with E-state index < -0.39 is 18.4 Å². The maximum atomic E-state index is 12.6. The van der Waals surface area contributed by atoms with Gasteiger partial charge in [-0.3, -0.25) is 19.5 Å². The van der Waals surface area contributed by atoms with Crippen molar-refractivity contribution < 1.29 is 14.7 Å². The normalized spacial score (nSPS) is 15.3. The Morgan fingerprint density at radius 3 is 2.69 bits per heavy atom. The average Bonchev–Trinajstić information content (AvgIpc) is 3.26. The highest BCUT2D eigenvalue weighted by atomic mass is 32.2. The molecule has 7 nitrogen and oxygen atoms in total. The van der Waals surface area contributed by atoms with Crippen molar-refractivity contribution in [1.82, 2.24) is 19.7 Å². The highest BCUT2D eigenvalue weighted by Crippen LogP contribution is 2.34. The van der Waals surface area contributed by atoms with Crippen LogP contribution in [0, 0.1) is 0 Å². The molecule has 1 N–H and O–H groups in total. The Hall–Kier alpha value is -3.30. The van der Waals surface area contributed by atoms with E-state index in [2.05, 4.69) is 10.1 Å². The van der Waals surface area contributed by atoms with E-state index in [1.54, 1.807) is 23.2 Å². The van der Waals surface area contributed by atoms with Crippen LogP contribution in [0.15, 0.2) is 66.0 Å². The minimum Gasteiger partial charge on any atom is -0.480 e. The first-order valence-electron chi connectivity index (χ1n) is 8.55. The first kappa shape index (κ1) is 19.0. The number of thiocarbonyl (C=S) groups is 1. The molecule has 3 aromatic rings. The number of amides is 1. The van der Waals surface area contributed by atoms with Gasteiger partial charge in [0, 0.05) is 29.7 Å². The fraction of sp³-hybridized carbons (Fsp3) is 0.0500. The van der Waals surface area contributed by atoms with E-state index in [0.717, 1.165) is 27.9 Å². The zero-order valence-corrected chi connectivity index (χ0v) is 16.6. The van der Waals surface area contributed by atoms with Gasteiger partial charge in [-0.25, -0.2) is 4.68 Å². The summed E-state index contributed by atoms with van der Waals surface area (Å²) in [6, 6.07) is 13.3. The summed E-state index contributed by atoms with van der Waals surface area (Å²) in [6.45, 7) is -0.458. The monoisotopic (exact) mass is 422 g/mol. The summed E-state index contributed by atoms with van der Waals surface area (Å²) in [5.41, 5.74) is 3.04. The Balaban J connectivity index is 1.78. The van der Waals surface area contributed by atoms with Gasteiger partial charge in [-0.2, -0.15) is 5.10 Å². The first-order chi connectivity index (χ1) is 14.0. The second-order valence-electron chi connectivity index (χ2n) is 6.12. The molecule has 0 radical (unpaired) electrons. The minimum atomic E-state index is -1.12. The molecule has 0 saturated carbocycles. The number of carbonyl (C=O) groups is 2. The Morgan fingerprint density at radius 1 is 1.21 bits per heavy atom. The van der Waals surface area contributed by atoms with Crippen LogP contribution in [0.3, 0.4) is 0 Å². The third-order valence-electron chi connectivity index (χ3n) is 4.15. The molecule has 144 valence electrons. The van der Waals surface area contributed by atoms with Gasteiger partial charge in [0.05, 0.1) is 10.6 Å². The van der Waals surface area contributed by atoms with Crippen LogP contribution >= 0.6 is 24.0 Å². The predicted molar refractivity (Wildman–Crippen MR) is 114 cm³/mol. The molecule has 4 rings (SSSR count). The molecule has 0 spiro atoms. The molecule has 3 heterocycles. The number of benzene rings is 1. The molecule has 9 heteroatoms. The van der Waals surface area contributed by atoms with Crippen molar-refractivity contribution in [2.45, 2.75) is 0 Å². The fourth-order valence-corrected chi connectivity index (χ4v) is 4.09. The van der Waals surface area contributed by atoms with Gasteiger partial charge in [0.1, 0.15) is 16.6 Å². The molecule has 0 atom stereocenters. The number of rotatable bonds is 5. The van der Waals surface area contributed by atoms with Crippen LogP contribution in [0.25, 0.3) is 23.0 Å². The number of carbonyl (C=O) groups excluding carboxylic acids is 1. The van der Waals surface area contributed by atoms with E-state index in [1.165, 1.54) is 0 Å². The molecule has 1 saturated heterocycles. The summed E-state index contributed by atoms with van der Waals surface area (Å²) >= 11 is 6.25. The van der Waals surface area contributed by atoms with E-state index >= 15 is 0 Å². The zero-order chi connectivity index (χ0) is 20.4. The number of pyridine rings is 1. The topological polar surface area (TPSA) is 88.3 Å². The second kappa shape index (κ2) is 7.98. The third-order valence-corrected chi connectivity index (χ3v) is 5.53. The Morgan fingerprint density at radius 2 is 2.00 bits per heavy atom. The van der Waals surface area contributed by atoms with E-state index in [9.17, 15) is 9.59 Å². The summed E-state index contributed by atoms with van der Waals surface area (Å²) in [7, 11) is 0. The van der Waals surface area contributed by atoms with Gasteiger partial charge in [-0.05, 0) is 30.3 Å². The van der Waals surface area contributed by atoms with Crippen molar-refractivity contribution in [3.05, 3.63) is 71.5 Å². The van der Waals surface area contributed by atoms with Crippen LogP contribution in [0.1, 0.15) is 5.56 Å². The van der Waals surface area contributed by atoms with Crippen molar-refractivity contribution in [2.24, 2.45) is 0 Å². The maximum Gasteiger partial charge on any atom is 0.323 e. The number of hydrogen-bond donors (Lipinski definition) is 1. The van der Waals surface area contributed by atoms with Crippen molar-refractivity contribution in [1.29, 1.82) is 0 Å². The van der Waals surface area contributed by atoms with Gasteiger partial charge in [0.2, 0.25) is 0 Å². The largest absolute Gasteiger partial charge is 0.480 e. The second-order valence-corrected chi connectivity index (χ2v) is 7.79. The van der Waals surface area contributed by atoms with Crippen LogP contribution in [0.5, 0.6) is 0 Å². The molecule has 1 aliphatic rings. The van der Waals surface area contributed by atoms with Crippen molar-refractivity contribution >= 4 is 46.3 Å². The minimum absolute atomic E-state index is 0.224. The number of thioether (sulfide) groups is 1. The zero-order valence-electron chi connectivity index (χ0n) is 14.9. The molecule has 1 amide bonds. The highest BCUT2D eigenvalue weighted by Gasteiger charge is 2.33. The maximum absolute atomic E-state index is 12.6. The Bertz CT molecular complexity index is 1130. The molecule has 2 aromatic heterocycles. The molecule has 0 unspecified atom stereocenters. The lowest BCUT2D eigenvalue weighted by molar-refractivity contribution is -0.140. The van der Waals surface area contributed by atoms with Gasteiger partial charge in [-0.1, -0.05) is 42.2 Å². The van der Waals surface area contributed by atoms with E-state index in [1.807, 2.05) is 48.7 Å². The summed E-state index contributed by atoms with van der Waals surface area (Å²) in [5, 5.41) is 13.7. The molecular formula is C20H14N4O3S2. The molecule has 0 aliphatic carbocycles. The number of carboxylic acid groups (broad SMARTS) is 1. The van der Waals surface area contributed by atoms with Crippen LogP contribution in [-0.4, -0.2) is 47.5 Å². The van der Waals surface area contributed by atoms with E-state index in [-0.39, 0.29) is 4.32 Å². The van der Waals surface area contributed by atoms with Gasteiger partial charge in [0.15, 0.2) is 0 Å². The molecule has 29 heavy (non-hydrogen) atoms. The number of hydrogen-bond acceptors (Lipinski definition) is 6. The molecule has 1 fully saturated rings. The molecule has 1 aromatic carbocycles. The average molecular weight is 422 g/mol. The number of carboxylic acids is 1. The molecule has 0 bridgehead atoms. The SMILES string of the molecule is O=C(O)CN1C(=O)/C(=C/c2cn(-c3ccccc3)nc2-c2cccnc2)SC1=S. The lowest BCUT2D eigenvalue weighted by atomic mass is 10.1. The summed E-state index contributed by atoms with van der Waals surface area (Å²) in [5.74, 6) is -1.54. The van der Waals surface area contributed by atoms with Gasteiger partial charge >= 0.3 is 5.97 Å². The fourth-order valence-electron chi connectivity index (χ4n) is 2.85. The summed E-state index contributed by atoms with van der Waals surface area (Å²) in [4.78, 5) is 29.2. The third kappa shape index (κ3) is 3.96. The lowest BCUT2D eigenvalue weighted by Crippen LogP contribution is -2.33. The van der Waals surface area contributed by atoms with E-state index in [4.69, 9.17) is 17.3 Å². The lowest BCUT2D eigenvalue weighted by Gasteiger charge is -2.10. The molecule has 1 aliphatic heterocycles. The summed E-state index contributed by atoms with van der Waals surface area (Å²) in [6.07, 6.45) is 6.89. The van der Waals surface area contributed by atoms with E-state index in [0.29, 0.717) is 16.2 Å². The van der Waals surface area contributed by atoms with Gasteiger partial charge in [-0.15, -0.1) is 0 Å². The van der Waals surface area contributed by atoms with Crippen LogP contribution < -0.4 is 0 Å². The number of aliphatic carboxylic acids is 1. The smallest absolute Gasteiger partial charge is 0.323 e. The Labute approximate surface area is 175 Å². The standard InChI is InChI=1S/C20H14N4O3S2/c25-17(26)12-23-19(27)16(29-20(23)28)9-14-11-24(15-6-2-1-3-7-15)22-18(14)13-5-4-8-21-10-13/h1-11H,12H2,(H,25,26)/b16-9-. The number of aromatic nitrogens is 3. The van der Waals surface area contributed by atoms with Crippen molar-refractivity contribution in [3.63, 3.8) is 0 Å². The highest BCUT2D eigenvalue weighted by molar-refractivity contribution is 8.26. The van der Waals surface area contributed by atoms with Crippen LogP contribution in [-0.2, 0) is 9.59 Å². The predicted octanol–water partition coefficient (Wildman–Crippen LogP) is 3.22. The number of nitrogens with zero attached hydrogens (tertiary/aromatic N) is 4. The number of para-hydroxylation sites is 1.